The molecule has 3 nitrogen and oxygen atoms in total. The zero-order valence-electron chi connectivity index (χ0n) is 10.2. The van der Waals surface area contributed by atoms with Crippen molar-refractivity contribution in [2.24, 2.45) is 0 Å². The number of benzene rings is 2. The van der Waals surface area contributed by atoms with Gasteiger partial charge in [0.2, 0.25) is 0 Å². The molecule has 0 bridgehead atoms. The largest absolute Gasteiger partial charge is 0.379 e. The smallest absolute Gasteiger partial charge is 0.0890 e. The van der Waals surface area contributed by atoms with E-state index in [1.54, 1.807) is 0 Å². The maximum atomic E-state index is 4.57. The highest BCUT2D eigenvalue weighted by molar-refractivity contribution is 9.10. The van der Waals surface area contributed by atoms with E-state index >= 15 is 0 Å². The Morgan fingerprint density at radius 2 is 1.68 bits per heavy atom. The predicted octanol–water partition coefficient (Wildman–Crippen LogP) is 4.00. The van der Waals surface area contributed by atoms with Gasteiger partial charge in [-0.1, -0.05) is 28.1 Å². The second-order valence-corrected chi connectivity index (χ2v) is 5.13. The van der Waals surface area contributed by atoms with Gasteiger partial charge in [0.25, 0.3) is 0 Å². The third-order valence-corrected chi connectivity index (χ3v) is 3.34. The van der Waals surface area contributed by atoms with Gasteiger partial charge in [-0.3, -0.25) is 4.98 Å². The zero-order valence-corrected chi connectivity index (χ0v) is 11.8. The van der Waals surface area contributed by atoms with E-state index in [1.807, 2.05) is 54.7 Å². The molecule has 0 aliphatic carbocycles. The summed E-state index contributed by atoms with van der Waals surface area (Å²) in [5.41, 5.74) is 3.85. The van der Waals surface area contributed by atoms with Gasteiger partial charge in [-0.15, -0.1) is 0 Å². The summed E-state index contributed by atoms with van der Waals surface area (Å²) in [5, 5.41) is 3.33. The first-order chi connectivity index (χ1) is 9.31. The van der Waals surface area contributed by atoms with Gasteiger partial charge in [0.15, 0.2) is 0 Å². The molecule has 2 aromatic carbocycles. The first kappa shape index (κ1) is 12.1. The van der Waals surface area contributed by atoms with Crippen molar-refractivity contribution in [3.8, 4) is 0 Å². The Labute approximate surface area is 119 Å². The fourth-order valence-electron chi connectivity index (χ4n) is 1.84. The molecule has 0 saturated heterocycles. The lowest BCUT2D eigenvalue weighted by Crippen LogP contribution is -2.02. The summed E-state index contributed by atoms with van der Waals surface area (Å²) in [6.07, 6.45) is 1.81. The van der Waals surface area contributed by atoms with Gasteiger partial charge in [0.1, 0.15) is 0 Å². The molecule has 4 heteroatoms. The van der Waals surface area contributed by atoms with Crippen molar-refractivity contribution in [2.75, 3.05) is 5.32 Å². The number of fused-ring (bicyclic) bond motifs is 1. The normalized spacial score (nSPS) is 10.6. The minimum atomic E-state index is 0.666. The van der Waals surface area contributed by atoms with Crippen molar-refractivity contribution in [2.45, 2.75) is 6.54 Å². The molecular formula is C15H12BrN3. The van der Waals surface area contributed by atoms with E-state index in [2.05, 4.69) is 31.2 Å². The SMILES string of the molecule is Brc1ccc(NCc2cnc3ccccc3n2)cc1. The molecule has 0 amide bonds. The summed E-state index contributed by atoms with van der Waals surface area (Å²) in [6, 6.07) is 16.0. The second-order valence-electron chi connectivity index (χ2n) is 4.21. The molecule has 94 valence electrons. The van der Waals surface area contributed by atoms with E-state index in [0.29, 0.717) is 6.54 Å². The molecule has 1 aromatic heterocycles. The Balaban J connectivity index is 1.76. The van der Waals surface area contributed by atoms with Gasteiger partial charge in [0.05, 0.1) is 29.5 Å². The highest BCUT2D eigenvalue weighted by Gasteiger charge is 1.99. The second kappa shape index (κ2) is 5.36. The molecule has 0 fully saturated rings. The molecule has 19 heavy (non-hydrogen) atoms. The van der Waals surface area contributed by atoms with Crippen LogP contribution in [0.2, 0.25) is 0 Å². The van der Waals surface area contributed by atoms with Crippen molar-refractivity contribution in [1.82, 2.24) is 9.97 Å². The van der Waals surface area contributed by atoms with Crippen LogP contribution in [0, 0.1) is 0 Å². The molecule has 0 spiro atoms. The molecule has 0 atom stereocenters. The van der Waals surface area contributed by atoms with Gasteiger partial charge >= 0.3 is 0 Å². The Kier molecular flexibility index (Phi) is 3.42. The first-order valence-electron chi connectivity index (χ1n) is 6.01. The zero-order chi connectivity index (χ0) is 13.1. The Hall–Kier alpha value is -1.94. The van der Waals surface area contributed by atoms with Crippen molar-refractivity contribution in [1.29, 1.82) is 0 Å². The van der Waals surface area contributed by atoms with E-state index in [-0.39, 0.29) is 0 Å². The lowest BCUT2D eigenvalue weighted by molar-refractivity contribution is 1.04. The van der Waals surface area contributed by atoms with Crippen LogP contribution in [0.5, 0.6) is 0 Å². The maximum Gasteiger partial charge on any atom is 0.0890 e. The number of halogens is 1. The highest BCUT2D eigenvalue weighted by atomic mass is 79.9. The summed E-state index contributed by atoms with van der Waals surface area (Å²) >= 11 is 3.42. The third-order valence-electron chi connectivity index (χ3n) is 2.82. The summed E-state index contributed by atoms with van der Waals surface area (Å²) in [7, 11) is 0. The van der Waals surface area contributed by atoms with Gasteiger partial charge in [-0.05, 0) is 36.4 Å². The lowest BCUT2D eigenvalue weighted by Gasteiger charge is -2.06. The molecule has 0 saturated carbocycles. The third kappa shape index (κ3) is 2.90. The van der Waals surface area contributed by atoms with E-state index in [4.69, 9.17) is 0 Å². The van der Waals surface area contributed by atoms with Crippen LogP contribution in [0.15, 0.2) is 59.2 Å². The van der Waals surface area contributed by atoms with Crippen LogP contribution in [-0.4, -0.2) is 9.97 Å². The van der Waals surface area contributed by atoms with E-state index in [0.717, 1.165) is 26.9 Å². The summed E-state index contributed by atoms with van der Waals surface area (Å²) in [6.45, 7) is 0.666. The van der Waals surface area contributed by atoms with Crippen molar-refractivity contribution < 1.29 is 0 Å². The summed E-state index contributed by atoms with van der Waals surface area (Å²) in [4.78, 5) is 8.97. The number of anilines is 1. The first-order valence-corrected chi connectivity index (χ1v) is 6.81. The fourth-order valence-corrected chi connectivity index (χ4v) is 2.11. The standard InChI is InChI=1S/C15H12BrN3/c16-11-5-7-12(8-6-11)17-9-13-10-18-14-3-1-2-4-15(14)19-13/h1-8,10,17H,9H2. The topological polar surface area (TPSA) is 37.8 Å². The Morgan fingerprint density at radius 3 is 2.47 bits per heavy atom. The molecular weight excluding hydrogens is 302 g/mol. The van der Waals surface area contributed by atoms with E-state index in [9.17, 15) is 0 Å². The van der Waals surface area contributed by atoms with Crippen LogP contribution >= 0.6 is 15.9 Å². The average Bonchev–Trinajstić information content (AvgIpc) is 2.46. The van der Waals surface area contributed by atoms with Gasteiger partial charge in [-0.25, -0.2) is 4.98 Å². The molecule has 0 unspecified atom stereocenters. The summed E-state index contributed by atoms with van der Waals surface area (Å²) < 4.78 is 1.07. The van der Waals surface area contributed by atoms with Crippen molar-refractivity contribution in [3.63, 3.8) is 0 Å². The number of nitrogens with one attached hydrogen (secondary N) is 1. The van der Waals surface area contributed by atoms with Crippen molar-refractivity contribution in [3.05, 3.63) is 64.9 Å². The minimum absolute atomic E-state index is 0.666. The van der Waals surface area contributed by atoms with Gasteiger partial charge in [-0.2, -0.15) is 0 Å². The van der Waals surface area contributed by atoms with Crippen molar-refractivity contribution >= 4 is 32.7 Å². The van der Waals surface area contributed by atoms with E-state index in [1.165, 1.54) is 0 Å². The van der Waals surface area contributed by atoms with E-state index < -0.39 is 0 Å². The molecule has 3 aromatic rings. The fraction of sp³-hybridized carbons (Fsp3) is 0.0667. The molecule has 0 aliphatic heterocycles. The average molecular weight is 314 g/mol. The molecule has 0 radical (unpaired) electrons. The monoisotopic (exact) mass is 313 g/mol. The molecule has 3 rings (SSSR count). The number of nitrogens with zero attached hydrogens (tertiary/aromatic N) is 2. The van der Waals surface area contributed by atoms with Crippen LogP contribution < -0.4 is 5.32 Å². The quantitative estimate of drug-likeness (QED) is 0.794. The number of para-hydroxylation sites is 2. The molecule has 0 aliphatic rings. The Morgan fingerprint density at radius 1 is 0.947 bits per heavy atom. The summed E-state index contributed by atoms with van der Waals surface area (Å²) in [5.74, 6) is 0. The highest BCUT2D eigenvalue weighted by Crippen LogP contribution is 2.15. The van der Waals surface area contributed by atoms with Gasteiger partial charge in [0, 0.05) is 10.2 Å². The number of hydrogen-bond donors (Lipinski definition) is 1. The number of aromatic nitrogens is 2. The Bertz CT molecular complexity index is 695. The molecule has 1 heterocycles. The maximum absolute atomic E-state index is 4.57. The lowest BCUT2D eigenvalue weighted by atomic mass is 10.3. The minimum Gasteiger partial charge on any atom is -0.379 e. The van der Waals surface area contributed by atoms with Crippen LogP contribution in [0.3, 0.4) is 0 Å². The van der Waals surface area contributed by atoms with Crippen LogP contribution in [0.4, 0.5) is 5.69 Å². The van der Waals surface area contributed by atoms with Gasteiger partial charge < -0.3 is 5.32 Å². The van der Waals surface area contributed by atoms with Crippen LogP contribution in [-0.2, 0) is 6.54 Å². The van der Waals surface area contributed by atoms with Crippen LogP contribution in [0.25, 0.3) is 11.0 Å². The predicted molar refractivity (Wildman–Crippen MR) is 81.0 cm³/mol. The number of rotatable bonds is 3. The number of hydrogen-bond acceptors (Lipinski definition) is 3. The molecule has 1 N–H and O–H groups in total. The van der Waals surface area contributed by atoms with Crippen LogP contribution in [0.1, 0.15) is 5.69 Å².